The lowest BCUT2D eigenvalue weighted by molar-refractivity contribution is -0.0504. The van der Waals surface area contributed by atoms with E-state index in [1.165, 1.54) is 6.07 Å². The van der Waals surface area contributed by atoms with E-state index in [1.54, 1.807) is 25.2 Å². The average molecular weight is 453 g/mol. The quantitative estimate of drug-likeness (QED) is 0.409. The third-order valence-electron chi connectivity index (χ3n) is 4.29. The molecule has 2 saturated heterocycles. The number of aliphatic imine (C=N–C) groups is 1. The predicted molar refractivity (Wildman–Crippen MR) is 98.1 cm³/mol. The summed E-state index contributed by atoms with van der Waals surface area (Å²) in [6, 6.07) is 6.99. The summed E-state index contributed by atoms with van der Waals surface area (Å²) >= 11 is 0. The lowest BCUT2D eigenvalue weighted by Gasteiger charge is -2.23. The molecular weight excluding hydrogens is 431 g/mol. The van der Waals surface area contributed by atoms with Crippen LogP contribution in [0.25, 0.3) is 0 Å². The number of nitrogens with zero attached hydrogens (tertiary/aromatic N) is 1. The summed E-state index contributed by atoms with van der Waals surface area (Å²) in [6.07, 6.45) is 3.79. The maximum atomic E-state index is 12.4. The number of rotatable bonds is 5. The smallest absolute Gasteiger partial charge is 0.387 e. The first kappa shape index (κ1) is 19.2. The average Bonchev–Trinajstić information content (AvgIpc) is 3.14. The van der Waals surface area contributed by atoms with Gasteiger partial charge in [0, 0.05) is 19.2 Å². The summed E-state index contributed by atoms with van der Waals surface area (Å²) in [5, 5.41) is 6.50. The van der Waals surface area contributed by atoms with Crippen LogP contribution in [0.15, 0.2) is 29.3 Å². The number of halogens is 3. The van der Waals surface area contributed by atoms with E-state index < -0.39 is 6.61 Å². The monoisotopic (exact) mass is 453 g/mol. The second-order valence-corrected chi connectivity index (χ2v) is 5.77. The highest BCUT2D eigenvalue weighted by atomic mass is 127. The van der Waals surface area contributed by atoms with Crippen LogP contribution < -0.4 is 15.4 Å². The zero-order valence-corrected chi connectivity index (χ0v) is 15.7. The van der Waals surface area contributed by atoms with Gasteiger partial charge in [0.15, 0.2) is 5.96 Å². The number of para-hydroxylation sites is 1. The first-order valence-corrected chi connectivity index (χ1v) is 7.81. The summed E-state index contributed by atoms with van der Waals surface area (Å²) in [5.41, 5.74) is 0.653. The van der Waals surface area contributed by atoms with Crippen LogP contribution in [-0.4, -0.2) is 37.9 Å². The van der Waals surface area contributed by atoms with Crippen molar-refractivity contribution in [2.24, 2.45) is 4.99 Å². The van der Waals surface area contributed by atoms with Crippen molar-refractivity contribution >= 4 is 29.9 Å². The van der Waals surface area contributed by atoms with Crippen molar-refractivity contribution in [2.75, 3.05) is 7.05 Å². The topological polar surface area (TPSA) is 54.9 Å². The molecule has 1 aromatic rings. The molecular formula is C16H22F2IN3O2. The molecule has 5 nitrogen and oxygen atoms in total. The number of ether oxygens (including phenoxy) is 2. The molecule has 3 atom stereocenters. The molecule has 2 heterocycles. The lowest BCUT2D eigenvalue weighted by atomic mass is 9.96. The molecule has 0 aromatic heterocycles. The molecule has 134 valence electrons. The largest absolute Gasteiger partial charge is 0.434 e. The second kappa shape index (κ2) is 8.80. The molecule has 2 aliphatic rings. The van der Waals surface area contributed by atoms with Crippen LogP contribution in [0.5, 0.6) is 5.75 Å². The van der Waals surface area contributed by atoms with Gasteiger partial charge in [0.2, 0.25) is 0 Å². The lowest BCUT2D eigenvalue weighted by Crippen LogP contribution is -2.47. The van der Waals surface area contributed by atoms with Crippen LogP contribution in [0.4, 0.5) is 8.78 Å². The zero-order valence-electron chi connectivity index (χ0n) is 13.4. The van der Waals surface area contributed by atoms with Crippen molar-refractivity contribution in [3.63, 3.8) is 0 Å². The highest BCUT2D eigenvalue weighted by Gasteiger charge is 2.41. The van der Waals surface area contributed by atoms with Gasteiger partial charge < -0.3 is 20.1 Å². The Bertz CT molecular complexity index is 574. The van der Waals surface area contributed by atoms with E-state index in [4.69, 9.17) is 4.74 Å². The first-order valence-electron chi connectivity index (χ1n) is 7.81. The molecule has 1 aromatic carbocycles. The third-order valence-corrected chi connectivity index (χ3v) is 4.29. The highest BCUT2D eigenvalue weighted by molar-refractivity contribution is 14.0. The number of fused-ring (bicyclic) bond motifs is 2. The number of benzene rings is 1. The Labute approximate surface area is 157 Å². The molecule has 0 radical (unpaired) electrons. The Morgan fingerprint density at radius 3 is 2.79 bits per heavy atom. The van der Waals surface area contributed by atoms with Gasteiger partial charge in [0.25, 0.3) is 0 Å². The second-order valence-electron chi connectivity index (χ2n) is 5.77. The summed E-state index contributed by atoms with van der Waals surface area (Å²) in [4.78, 5) is 4.19. The minimum Gasteiger partial charge on any atom is -0.434 e. The van der Waals surface area contributed by atoms with Crippen molar-refractivity contribution in [3.8, 4) is 5.75 Å². The fraction of sp³-hybridized carbons (Fsp3) is 0.562. The van der Waals surface area contributed by atoms with Crippen LogP contribution in [0, 0.1) is 0 Å². The van der Waals surface area contributed by atoms with E-state index in [0.29, 0.717) is 24.2 Å². The number of hydrogen-bond donors (Lipinski definition) is 2. The number of hydrogen-bond acceptors (Lipinski definition) is 3. The zero-order chi connectivity index (χ0) is 16.2. The number of guanidine groups is 1. The minimum absolute atomic E-state index is 0. The van der Waals surface area contributed by atoms with Gasteiger partial charge in [-0.2, -0.15) is 8.78 Å². The van der Waals surface area contributed by atoms with Crippen LogP contribution in [0.2, 0.25) is 0 Å². The van der Waals surface area contributed by atoms with Gasteiger partial charge in [-0.1, -0.05) is 18.2 Å². The SMILES string of the molecule is CN=C(NCc1ccccc1OC(F)F)NC1CC2CCC1O2.I. The van der Waals surface area contributed by atoms with E-state index in [-0.39, 0.29) is 41.9 Å². The summed E-state index contributed by atoms with van der Waals surface area (Å²) < 4.78 is 35.2. The molecule has 0 saturated carbocycles. The van der Waals surface area contributed by atoms with E-state index in [2.05, 4.69) is 20.4 Å². The molecule has 2 N–H and O–H groups in total. The maximum Gasteiger partial charge on any atom is 0.387 e. The van der Waals surface area contributed by atoms with E-state index >= 15 is 0 Å². The van der Waals surface area contributed by atoms with Gasteiger partial charge >= 0.3 is 6.61 Å². The molecule has 2 aliphatic heterocycles. The maximum absolute atomic E-state index is 12.4. The predicted octanol–water partition coefficient (Wildman–Crippen LogP) is 2.89. The summed E-state index contributed by atoms with van der Waals surface area (Å²) in [7, 11) is 1.69. The van der Waals surface area contributed by atoms with E-state index in [1.807, 2.05) is 0 Å². The van der Waals surface area contributed by atoms with Crippen molar-refractivity contribution in [1.29, 1.82) is 0 Å². The summed E-state index contributed by atoms with van der Waals surface area (Å²) in [5.74, 6) is 0.812. The van der Waals surface area contributed by atoms with Gasteiger partial charge in [-0.15, -0.1) is 24.0 Å². The molecule has 0 amide bonds. The normalized spacial score (nSPS) is 25.5. The third kappa shape index (κ3) is 4.69. The Kier molecular flexibility index (Phi) is 7.02. The Hall–Kier alpha value is -1.16. The Balaban J connectivity index is 0.00000208. The molecule has 2 bridgehead atoms. The fourth-order valence-corrected chi connectivity index (χ4v) is 3.20. The standard InChI is InChI=1S/C16H21F2N3O2.HI/c1-19-16(21-12-8-11-6-7-14(12)22-11)20-9-10-4-2-3-5-13(10)23-15(17)18;/h2-5,11-12,14-15H,6-9H2,1H3,(H2,19,20,21);1H. The molecule has 3 rings (SSSR count). The van der Waals surface area contributed by atoms with Gasteiger partial charge in [0.1, 0.15) is 5.75 Å². The molecule has 0 spiro atoms. The Morgan fingerprint density at radius 2 is 2.17 bits per heavy atom. The van der Waals surface area contributed by atoms with Gasteiger partial charge in [0.05, 0.1) is 18.2 Å². The molecule has 8 heteroatoms. The molecule has 3 unspecified atom stereocenters. The number of nitrogens with one attached hydrogen (secondary N) is 2. The summed E-state index contributed by atoms with van der Waals surface area (Å²) in [6.45, 7) is -2.48. The van der Waals surface area contributed by atoms with Crippen molar-refractivity contribution in [3.05, 3.63) is 29.8 Å². The van der Waals surface area contributed by atoms with Crippen LogP contribution in [-0.2, 0) is 11.3 Å². The number of alkyl halides is 2. The van der Waals surface area contributed by atoms with Gasteiger partial charge in [-0.25, -0.2) is 0 Å². The van der Waals surface area contributed by atoms with Crippen molar-refractivity contribution < 1.29 is 18.3 Å². The molecule has 24 heavy (non-hydrogen) atoms. The van der Waals surface area contributed by atoms with Crippen LogP contribution >= 0.6 is 24.0 Å². The van der Waals surface area contributed by atoms with Crippen LogP contribution in [0.1, 0.15) is 24.8 Å². The minimum atomic E-state index is -2.83. The molecule has 0 aliphatic carbocycles. The van der Waals surface area contributed by atoms with Crippen LogP contribution in [0.3, 0.4) is 0 Å². The van der Waals surface area contributed by atoms with E-state index in [9.17, 15) is 8.78 Å². The van der Waals surface area contributed by atoms with Crippen molar-refractivity contribution in [2.45, 2.75) is 50.7 Å². The molecule has 2 fully saturated rings. The van der Waals surface area contributed by atoms with Gasteiger partial charge in [-0.3, -0.25) is 4.99 Å². The highest BCUT2D eigenvalue weighted by Crippen LogP contribution is 2.34. The van der Waals surface area contributed by atoms with E-state index in [0.717, 1.165) is 19.3 Å². The fourth-order valence-electron chi connectivity index (χ4n) is 3.20. The Morgan fingerprint density at radius 1 is 1.38 bits per heavy atom. The van der Waals surface area contributed by atoms with Crippen molar-refractivity contribution in [1.82, 2.24) is 10.6 Å². The first-order chi connectivity index (χ1) is 11.2. The van der Waals surface area contributed by atoms with Gasteiger partial charge in [-0.05, 0) is 25.3 Å².